The fraction of sp³-hybridized carbons (Fsp3) is 0.0952. The second-order valence-corrected chi connectivity index (χ2v) is 7.17. The van der Waals surface area contributed by atoms with Gasteiger partial charge in [-0.15, -0.1) is 0 Å². The van der Waals surface area contributed by atoms with E-state index in [-0.39, 0.29) is 5.91 Å². The zero-order valence-corrected chi connectivity index (χ0v) is 16.5. The molecule has 144 valence electrons. The molecule has 0 aliphatic heterocycles. The average Bonchev–Trinajstić information content (AvgIpc) is 3.12. The van der Waals surface area contributed by atoms with Gasteiger partial charge in [0.15, 0.2) is 5.13 Å². The minimum atomic E-state index is -0.479. The van der Waals surface area contributed by atoms with Crippen molar-refractivity contribution < 1.29 is 14.3 Å². The van der Waals surface area contributed by atoms with E-state index in [1.807, 2.05) is 42.5 Å². The van der Waals surface area contributed by atoms with Gasteiger partial charge in [0.05, 0.1) is 35.3 Å². The highest BCUT2D eigenvalue weighted by Crippen LogP contribution is 2.27. The highest BCUT2D eigenvalue weighted by molar-refractivity contribution is 7.17. The summed E-state index contributed by atoms with van der Waals surface area (Å²) in [7, 11) is 1.31. The van der Waals surface area contributed by atoms with Crippen molar-refractivity contribution in [1.82, 2.24) is 15.0 Å². The van der Waals surface area contributed by atoms with Crippen LogP contribution >= 0.6 is 11.3 Å². The molecule has 4 aromatic rings. The predicted octanol–water partition coefficient (Wildman–Crippen LogP) is 4.10. The maximum atomic E-state index is 13.1. The van der Waals surface area contributed by atoms with Crippen molar-refractivity contribution in [2.45, 2.75) is 6.92 Å². The second-order valence-electron chi connectivity index (χ2n) is 6.17. The van der Waals surface area contributed by atoms with E-state index >= 15 is 0 Å². The third-order valence-electron chi connectivity index (χ3n) is 4.28. The molecule has 0 spiro atoms. The Kier molecular flexibility index (Phi) is 5.01. The molecular formula is C21H16N4O3S. The Morgan fingerprint density at radius 2 is 1.83 bits per heavy atom. The van der Waals surface area contributed by atoms with Crippen molar-refractivity contribution in [1.29, 1.82) is 0 Å². The molecule has 0 bridgehead atoms. The molecule has 3 heterocycles. The van der Waals surface area contributed by atoms with Gasteiger partial charge in [-0.1, -0.05) is 35.6 Å². The van der Waals surface area contributed by atoms with Gasteiger partial charge < -0.3 is 4.74 Å². The lowest BCUT2D eigenvalue weighted by Crippen LogP contribution is -2.13. The number of methoxy groups -OCH3 is 1. The van der Waals surface area contributed by atoms with Gasteiger partial charge in [0.25, 0.3) is 5.91 Å². The Morgan fingerprint density at radius 3 is 2.59 bits per heavy atom. The monoisotopic (exact) mass is 404 g/mol. The van der Waals surface area contributed by atoms with E-state index in [4.69, 9.17) is 4.74 Å². The van der Waals surface area contributed by atoms with Crippen molar-refractivity contribution in [3.05, 3.63) is 70.9 Å². The summed E-state index contributed by atoms with van der Waals surface area (Å²) in [6.45, 7) is 1.69. The van der Waals surface area contributed by atoms with E-state index in [2.05, 4.69) is 20.3 Å². The van der Waals surface area contributed by atoms with E-state index in [9.17, 15) is 9.59 Å². The molecule has 3 aromatic heterocycles. The lowest BCUT2D eigenvalue weighted by atomic mass is 10.1. The summed E-state index contributed by atoms with van der Waals surface area (Å²) < 4.78 is 4.75. The van der Waals surface area contributed by atoms with E-state index in [0.29, 0.717) is 43.6 Å². The third-order valence-corrected chi connectivity index (χ3v) is 5.33. The molecule has 29 heavy (non-hydrogen) atoms. The summed E-state index contributed by atoms with van der Waals surface area (Å²) in [4.78, 5) is 38.4. The lowest BCUT2D eigenvalue weighted by Gasteiger charge is -2.09. The normalized spacial score (nSPS) is 10.7. The van der Waals surface area contributed by atoms with Crippen LogP contribution in [0.25, 0.3) is 22.3 Å². The molecule has 1 aromatic carbocycles. The van der Waals surface area contributed by atoms with Crippen LogP contribution in [-0.4, -0.2) is 33.9 Å². The average molecular weight is 404 g/mol. The number of nitrogens with zero attached hydrogens (tertiary/aromatic N) is 3. The number of hydrogen-bond acceptors (Lipinski definition) is 7. The zero-order valence-electron chi connectivity index (χ0n) is 15.7. The van der Waals surface area contributed by atoms with Gasteiger partial charge in [-0.25, -0.2) is 14.8 Å². The first-order valence-corrected chi connectivity index (χ1v) is 9.56. The molecule has 0 atom stereocenters. The number of ether oxygens (including phenoxy) is 1. The number of anilines is 1. The molecule has 0 radical (unpaired) electrons. The van der Waals surface area contributed by atoms with Crippen LogP contribution in [-0.2, 0) is 4.74 Å². The van der Waals surface area contributed by atoms with Crippen LogP contribution in [0.1, 0.15) is 25.7 Å². The maximum absolute atomic E-state index is 13.1. The fourth-order valence-corrected chi connectivity index (χ4v) is 3.78. The Labute approximate surface area is 170 Å². The quantitative estimate of drug-likeness (QED) is 0.515. The standard InChI is InChI=1S/C21H16N4O3S/c1-12-18(20(27)28-2)29-21(23-12)25-19(26)14-11-17(16-9-5-6-10-22-16)24-15-8-4-3-7-13(14)15/h3-11H,1-2H3,(H,23,25,26). The molecule has 0 saturated carbocycles. The number of amides is 1. The summed E-state index contributed by atoms with van der Waals surface area (Å²) >= 11 is 1.08. The molecule has 7 nitrogen and oxygen atoms in total. The van der Waals surface area contributed by atoms with Crippen LogP contribution in [0.4, 0.5) is 5.13 Å². The van der Waals surface area contributed by atoms with Gasteiger partial charge in [0.1, 0.15) is 4.88 Å². The van der Waals surface area contributed by atoms with Gasteiger partial charge in [-0.05, 0) is 31.2 Å². The number of fused-ring (bicyclic) bond motifs is 1. The van der Waals surface area contributed by atoms with Crippen LogP contribution in [0.3, 0.4) is 0 Å². The third kappa shape index (κ3) is 3.70. The number of thiazole rings is 1. The molecule has 1 N–H and O–H groups in total. The first-order chi connectivity index (χ1) is 14.1. The smallest absolute Gasteiger partial charge is 0.350 e. The van der Waals surface area contributed by atoms with E-state index in [0.717, 1.165) is 11.3 Å². The number of aromatic nitrogens is 3. The summed E-state index contributed by atoms with van der Waals surface area (Å²) in [6, 6.07) is 14.6. The van der Waals surface area contributed by atoms with E-state index < -0.39 is 5.97 Å². The summed E-state index contributed by atoms with van der Waals surface area (Å²) in [5, 5.41) is 3.82. The molecule has 0 saturated heterocycles. The minimum absolute atomic E-state index is 0.327. The SMILES string of the molecule is COC(=O)c1sc(NC(=O)c2cc(-c3ccccn3)nc3ccccc23)nc1C. The summed E-state index contributed by atoms with van der Waals surface area (Å²) in [5.41, 5.74) is 2.91. The van der Waals surface area contributed by atoms with Crippen LogP contribution in [0, 0.1) is 6.92 Å². The zero-order chi connectivity index (χ0) is 20.4. The number of esters is 1. The largest absolute Gasteiger partial charge is 0.465 e. The number of carbonyl (C=O) groups excluding carboxylic acids is 2. The number of para-hydroxylation sites is 1. The number of aryl methyl sites for hydroxylation is 1. The Bertz CT molecular complexity index is 1220. The minimum Gasteiger partial charge on any atom is -0.465 e. The first-order valence-electron chi connectivity index (χ1n) is 8.75. The van der Waals surface area contributed by atoms with Crippen LogP contribution in [0.15, 0.2) is 54.7 Å². The molecule has 8 heteroatoms. The molecule has 0 fully saturated rings. The summed E-state index contributed by atoms with van der Waals surface area (Å²) in [5.74, 6) is -0.821. The molecule has 4 rings (SSSR count). The maximum Gasteiger partial charge on any atom is 0.350 e. The number of hydrogen-bond donors (Lipinski definition) is 1. The molecular weight excluding hydrogens is 388 g/mol. The second kappa shape index (κ2) is 7.76. The number of benzene rings is 1. The van der Waals surface area contributed by atoms with Crippen molar-refractivity contribution in [3.63, 3.8) is 0 Å². The Balaban J connectivity index is 1.75. The molecule has 0 aliphatic carbocycles. The predicted molar refractivity (Wildman–Crippen MR) is 111 cm³/mol. The van der Waals surface area contributed by atoms with Gasteiger partial charge in [0.2, 0.25) is 0 Å². The van der Waals surface area contributed by atoms with Crippen molar-refractivity contribution in [2.24, 2.45) is 0 Å². The first kappa shape index (κ1) is 18.7. The Hall–Kier alpha value is -3.65. The highest BCUT2D eigenvalue weighted by atomic mass is 32.1. The van der Waals surface area contributed by atoms with Gasteiger partial charge in [0, 0.05) is 11.6 Å². The van der Waals surface area contributed by atoms with Crippen molar-refractivity contribution in [3.8, 4) is 11.4 Å². The summed E-state index contributed by atoms with van der Waals surface area (Å²) in [6.07, 6.45) is 1.68. The fourth-order valence-electron chi connectivity index (χ4n) is 2.91. The van der Waals surface area contributed by atoms with Crippen LogP contribution < -0.4 is 5.32 Å². The van der Waals surface area contributed by atoms with Crippen molar-refractivity contribution >= 4 is 39.2 Å². The number of nitrogens with one attached hydrogen (secondary N) is 1. The molecule has 0 unspecified atom stereocenters. The van der Waals surface area contributed by atoms with Crippen LogP contribution in [0.5, 0.6) is 0 Å². The molecule has 1 amide bonds. The van der Waals surface area contributed by atoms with Gasteiger partial charge in [-0.3, -0.25) is 15.1 Å². The van der Waals surface area contributed by atoms with E-state index in [1.54, 1.807) is 19.2 Å². The number of rotatable bonds is 4. The Morgan fingerprint density at radius 1 is 1.03 bits per heavy atom. The highest BCUT2D eigenvalue weighted by Gasteiger charge is 2.19. The number of carbonyl (C=O) groups is 2. The number of pyridine rings is 2. The van der Waals surface area contributed by atoms with E-state index in [1.165, 1.54) is 7.11 Å². The molecule has 0 aliphatic rings. The lowest BCUT2D eigenvalue weighted by molar-refractivity contribution is 0.0605. The van der Waals surface area contributed by atoms with Crippen molar-refractivity contribution in [2.75, 3.05) is 12.4 Å². The van der Waals surface area contributed by atoms with Gasteiger partial charge in [-0.2, -0.15) is 0 Å². The van der Waals surface area contributed by atoms with Gasteiger partial charge >= 0.3 is 5.97 Å². The topological polar surface area (TPSA) is 94.1 Å². The van der Waals surface area contributed by atoms with Crippen LogP contribution in [0.2, 0.25) is 0 Å².